The number of aromatic hydroxyl groups is 1. The summed E-state index contributed by atoms with van der Waals surface area (Å²) in [6.45, 7) is 6.27. The van der Waals surface area contributed by atoms with Crippen LogP contribution in [-0.2, 0) is 4.79 Å². The summed E-state index contributed by atoms with van der Waals surface area (Å²) >= 11 is 0. The number of phenols is 1. The Morgan fingerprint density at radius 2 is 1.76 bits per heavy atom. The highest BCUT2D eigenvalue weighted by Crippen LogP contribution is 2.29. The first-order valence-corrected chi connectivity index (χ1v) is 7.09. The van der Waals surface area contributed by atoms with Crippen molar-refractivity contribution >= 4 is 5.97 Å². The van der Waals surface area contributed by atoms with Gasteiger partial charge in [0.05, 0.1) is 0 Å². The highest BCUT2D eigenvalue weighted by atomic mass is 19.1. The maximum atomic E-state index is 13.3. The summed E-state index contributed by atoms with van der Waals surface area (Å²) in [5.74, 6) is -1.10. The Labute approximate surface area is 123 Å². The summed E-state index contributed by atoms with van der Waals surface area (Å²) in [5, 5.41) is 18.9. The average molecular weight is 296 g/mol. The van der Waals surface area contributed by atoms with E-state index in [2.05, 4.69) is 4.90 Å². The van der Waals surface area contributed by atoms with Gasteiger partial charge in [-0.3, -0.25) is 14.6 Å². The zero-order valence-electron chi connectivity index (χ0n) is 12.3. The molecule has 0 spiro atoms. The number of halogens is 1. The Hall–Kier alpha value is -1.66. The van der Waals surface area contributed by atoms with Crippen LogP contribution in [0.3, 0.4) is 0 Å². The number of nitrogens with zero attached hydrogens (tertiary/aromatic N) is 2. The lowest BCUT2D eigenvalue weighted by molar-refractivity contribution is -0.143. The molecule has 1 fully saturated rings. The van der Waals surface area contributed by atoms with Gasteiger partial charge < -0.3 is 10.2 Å². The molecule has 1 aliphatic rings. The van der Waals surface area contributed by atoms with Gasteiger partial charge >= 0.3 is 5.97 Å². The number of aliphatic carboxylic acids is 1. The molecule has 0 amide bonds. The molecule has 1 saturated heterocycles. The van der Waals surface area contributed by atoms with Gasteiger partial charge in [-0.1, -0.05) is 0 Å². The Kier molecular flexibility index (Phi) is 4.80. The highest BCUT2D eigenvalue weighted by Gasteiger charge is 2.28. The molecule has 0 saturated carbocycles. The van der Waals surface area contributed by atoms with E-state index in [0.717, 1.165) is 0 Å². The van der Waals surface area contributed by atoms with Crippen LogP contribution in [0.1, 0.15) is 25.5 Å². The maximum Gasteiger partial charge on any atom is 0.320 e. The first-order chi connectivity index (χ1) is 9.90. The van der Waals surface area contributed by atoms with Crippen LogP contribution in [0.15, 0.2) is 18.2 Å². The van der Waals surface area contributed by atoms with Crippen molar-refractivity contribution in [1.29, 1.82) is 0 Å². The minimum atomic E-state index is -0.820. The molecule has 6 heteroatoms. The largest absolute Gasteiger partial charge is 0.508 e. The van der Waals surface area contributed by atoms with Crippen LogP contribution in [0.4, 0.5) is 4.39 Å². The lowest BCUT2D eigenvalue weighted by Gasteiger charge is -2.39. The summed E-state index contributed by atoms with van der Waals surface area (Å²) in [5.41, 5.74) is 0.565. The van der Waals surface area contributed by atoms with Crippen LogP contribution in [0, 0.1) is 5.82 Å². The quantitative estimate of drug-likeness (QED) is 0.885. The predicted octanol–water partition coefficient (Wildman–Crippen LogP) is 1.68. The van der Waals surface area contributed by atoms with Gasteiger partial charge in [0.25, 0.3) is 0 Å². The number of piperazine rings is 1. The Bertz CT molecular complexity index is 516. The number of phenolic OH excluding ortho intramolecular Hbond substituents is 1. The minimum Gasteiger partial charge on any atom is -0.508 e. The van der Waals surface area contributed by atoms with Gasteiger partial charge in [0.1, 0.15) is 17.6 Å². The van der Waals surface area contributed by atoms with Crippen LogP contribution in [0.25, 0.3) is 0 Å². The van der Waals surface area contributed by atoms with E-state index in [1.54, 1.807) is 6.92 Å². The van der Waals surface area contributed by atoms with Crippen molar-refractivity contribution in [3.63, 3.8) is 0 Å². The number of carbonyl (C=O) groups is 1. The van der Waals surface area contributed by atoms with Gasteiger partial charge in [-0.05, 0) is 32.0 Å². The SMILES string of the molecule is CC(C(=O)O)N1CCN(C(C)c2cc(F)ccc2O)CC1. The number of carboxylic acids is 1. The van der Waals surface area contributed by atoms with Crippen LogP contribution in [0.2, 0.25) is 0 Å². The van der Waals surface area contributed by atoms with Crippen molar-refractivity contribution in [2.24, 2.45) is 0 Å². The predicted molar refractivity (Wildman–Crippen MR) is 76.7 cm³/mol. The van der Waals surface area contributed by atoms with E-state index >= 15 is 0 Å². The maximum absolute atomic E-state index is 13.3. The van der Waals surface area contributed by atoms with Crippen molar-refractivity contribution in [1.82, 2.24) is 9.80 Å². The Morgan fingerprint density at radius 3 is 2.33 bits per heavy atom. The van der Waals surface area contributed by atoms with Crippen molar-refractivity contribution in [2.45, 2.75) is 25.9 Å². The highest BCUT2D eigenvalue weighted by molar-refractivity contribution is 5.72. The van der Waals surface area contributed by atoms with Crippen molar-refractivity contribution < 1.29 is 19.4 Å². The molecular formula is C15H21FN2O3. The summed E-state index contributed by atoms with van der Waals surface area (Å²) in [4.78, 5) is 15.0. The number of carboxylic acid groups (broad SMARTS) is 1. The van der Waals surface area contributed by atoms with Crippen LogP contribution in [-0.4, -0.2) is 58.2 Å². The Morgan fingerprint density at radius 1 is 1.19 bits per heavy atom. The third-order valence-corrected chi connectivity index (χ3v) is 4.24. The number of benzene rings is 1. The molecule has 0 bridgehead atoms. The second kappa shape index (κ2) is 6.41. The smallest absolute Gasteiger partial charge is 0.320 e. The summed E-state index contributed by atoms with van der Waals surface area (Å²) in [6, 6.07) is 3.35. The van der Waals surface area contributed by atoms with E-state index in [0.29, 0.717) is 31.7 Å². The zero-order valence-corrected chi connectivity index (χ0v) is 12.3. The molecule has 1 aromatic carbocycles. The minimum absolute atomic E-state index is 0.0882. The fourth-order valence-electron chi connectivity index (χ4n) is 2.72. The molecule has 21 heavy (non-hydrogen) atoms. The van der Waals surface area contributed by atoms with E-state index in [-0.39, 0.29) is 17.6 Å². The van der Waals surface area contributed by atoms with Gasteiger partial charge in [-0.25, -0.2) is 4.39 Å². The normalized spacial score (nSPS) is 20.1. The molecule has 2 unspecified atom stereocenters. The van der Waals surface area contributed by atoms with Crippen LogP contribution < -0.4 is 0 Å². The monoisotopic (exact) mass is 296 g/mol. The van der Waals surface area contributed by atoms with Gasteiger partial charge in [0.2, 0.25) is 0 Å². The second-order valence-corrected chi connectivity index (χ2v) is 5.47. The van der Waals surface area contributed by atoms with Gasteiger partial charge in [0.15, 0.2) is 0 Å². The van der Waals surface area contributed by atoms with E-state index in [4.69, 9.17) is 5.11 Å². The van der Waals surface area contributed by atoms with Crippen molar-refractivity contribution in [3.8, 4) is 5.75 Å². The lowest BCUT2D eigenvalue weighted by Crippen LogP contribution is -2.52. The van der Waals surface area contributed by atoms with E-state index in [1.807, 2.05) is 11.8 Å². The molecule has 116 valence electrons. The van der Waals surface area contributed by atoms with Gasteiger partial charge in [0, 0.05) is 37.8 Å². The average Bonchev–Trinajstić information content (AvgIpc) is 2.48. The molecule has 2 rings (SSSR count). The van der Waals surface area contributed by atoms with Crippen LogP contribution >= 0.6 is 0 Å². The van der Waals surface area contributed by atoms with E-state index in [1.165, 1.54) is 18.2 Å². The molecule has 0 aromatic heterocycles. The van der Waals surface area contributed by atoms with E-state index in [9.17, 15) is 14.3 Å². The zero-order chi connectivity index (χ0) is 15.6. The lowest BCUT2D eigenvalue weighted by atomic mass is 10.0. The first-order valence-electron chi connectivity index (χ1n) is 7.09. The fraction of sp³-hybridized carbons (Fsp3) is 0.533. The number of rotatable bonds is 4. The summed E-state index contributed by atoms with van der Waals surface area (Å²) in [7, 11) is 0. The van der Waals surface area contributed by atoms with Gasteiger partial charge in [-0.15, -0.1) is 0 Å². The van der Waals surface area contributed by atoms with Crippen LogP contribution in [0.5, 0.6) is 5.75 Å². The second-order valence-electron chi connectivity index (χ2n) is 5.47. The van der Waals surface area contributed by atoms with Crippen molar-refractivity contribution in [3.05, 3.63) is 29.6 Å². The Balaban J connectivity index is 2.01. The fourth-order valence-corrected chi connectivity index (χ4v) is 2.72. The summed E-state index contributed by atoms with van der Waals surface area (Å²) < 4.78 is 13.3. The standard InChI is InChI=1S/C15H21FN2O3/c1-10(13-9-12(16)3-4-14(13)19)17-5-7-18(8-6-17)11(2)15(20)21/h3-4,9-11,19H,5-8H2,1-2H3,(H,20,21). The first kappa shape index (κ1) is 15.7. The molecule has 1 aliphatic heterocycles. The van der Waals surface area contributed by atoms with E-state index < -0.39 is 12.0 Å². The molecule has 1 heterocycles. The molecule has 2 N–H and O–H groups in total. The molecular weight excluding hydrogens is 275 g/mol. The molecule has 5 nitrogen and oxygen atoms in total. The topological polar surface area (TPSA) is 64.0 Å². The van der Waals surface area contributed by atoms with Gasteiger partial charge in [-0.2, -0.15) is 0 Å². The molecule has 2 atom stereocenters. The molecule has 0 radical (unpaired) electrons. The number of hydrogen-bond acceptors (Lipinski definition) is 4. The number of hydrogen-bond donors (Lipinski definition) is 2. The third-order valence-electron chi connectivity index (χ3n) is 4.24. The summed E-state index contributed by atoms with van der Waals surface area (Å²) in [6.07, 6.45) is 0. The molecule has 1 aromatic rings. The van der Waals surface area contributed by atoms with Crippen molar-refractivity contribution in [2.75, 3.05) is 26.2 Å². The third kappa shape index (κ3) is 3.51. The molecule has 0 aliphatic carbocycles.